The van der Waals surface area contributed by atoms with Crippen molar-refractivity contribution in [2.24, 2.45) is 0 Å². The molecule has 0 radical (unpaired) electrons. The van der Waals surface area contributed by atoms with Crippen molar-refractivity contribution >= 4 is 11.6 Å². The lowest BCUT2D eigenvalue weighted by Gasteiger charge is -2.39. The molecule has 0 aliphatic carbocycles. The van der Waals surface area contributed by atoms with Gasteiger partial charge in [0, 0.05) is 42.0 Å². The number of nitrogens with zero attached hydrogens (tertiary/aromatic N) is 2. The van der Waals surface area contributed by atoms with Crippen molar-refractivity contribution in [2.75, 3.05) is 19.6 Å². The Bertz CT molecular complexity index is 1100. The van der Waals surface area contributed by atoms with E-state index in [2.05, 4.69) is 33.9 Å². The summed E-state index contributed by atoms with van der Waals surface area (Å²) in [6.07, 6.45) is 2.63. The summed E-state index contributed by atoms with van der Waals surface area (Å²) in [5.74, 6) is 6.30. The number of β-amino-alcohol motifs (C(OH)–C–C–N with tert-alkyl or cyclic N) is 1. The van der Waals surface area contributed by atoms with Crippen LogP contribution in [0.15, 0.2) is 66.9 Å². The van der Waals surface area contributed by atoms with Crippen LogP contribution in [0.2, 0.25) is 5.02 Å². The molecule has 164 valence electrons. The summed E-state index contributed by atoms with van der Waals surface area (Å²) in [5.41, 5.74) is 4.03. The van der Waals surface area contributed by atoms with Crippen LogP contribution >= 0.6 is 11.6 Å². The van der Waals surface area contributed by atoms with Crippen LogP contribution in [-0.2, 0) is 6.42 Å². The smallest absolute Gasteiger partial charge is 0.113 e. The van der Waals surface area contributed by atoms with E-state index >= 15 is 0 Å². The highest BCUT2D eigenvalue weighted by molar-refractivity contribution is 6.30. The van der Waals surface area contributed by atoms with Crippen molar-refractivity contribution in [1.82, 2.24) is 9.88 Å². The van der Waals surface area contributed by atoms with E-state index in [0.29, 0.717) is 13.0 Å². The number of likely N-dealkylation sites (tertiary alicyclic amines) is 1. The van der Waals surface area contributed by atoms with Crippen molar-refractivity contribution in [3.8, 4) is 23.0 Å². The first-order chi connectivity index (χ1) is 15.4. The van der Waals surface area contributed by atoms with Gasteiger partial charge in [-0.3, -0.25) is 0 Å². The molecule has 1 aromatic heterocycles. The second-order valence-electron chi connectivity index (χ2n) is 8.56. The quantitative estimate of drug-likeness (QED) is 0.591. The Morgan fingerprint density at radius 3 is 2.41 bits per heavy atom. The number of hydrogen-bond donors (Lipinski definition) is 2. The van der Waals surface area contributed by atoms with Crippen molar-refractivity contribution in [3.05, 3.63) is 88.7 Å². The number of pyridine rings is 1. The molecule has 1 saturated heterocycles. The van der Waals surface area contributed by atoms with Crippen LogP contribution < -0.4 is 0 Å². The molecule has 0 unspecified atom stereocenters. The summed E-state index contributed by atoms with van der Waals surface area (Å²) >= 11 is 5.95. The number of rotatable bonds is 4. The number of aromatic nitrogens is 1. The van der Waals surface area contributed by atoms with Crippen LogP contribution in [-0.4, -0.2) is 51.4 Å². The number of aliphatic hydroxyl groups is 2. The molecule has 1 aliphatic rings. The zero-order valence-electron chi connectivity index (χ0n) is 18.1. The van der Waals surface area contributed by atoms with E-state index in [4.69, 9.17) is 11.6 Å². The normalized spacial score (nSPS) is 21.1. The molecule has 0 spiro atoms. The van der Waals surface area contributed by atoms with Crippen molar-refractivity contribution < 1.29 is 10.2 Å². The monoisotopic (exact) mass is 446 g/mol. The molecule has 0 bridgehead atoms. The van der Waals surface area contributed by atoms with Gasteiger partial charge in [0.05, 0.1) is 11.7 Å². The maximum absolute atomic E-state index is 10.1. The Balaban J connectivity index is 1.32. The second-order valence-corrected chi connectivity index (χ2v) is 9.00. The van der Waals surface area contributed by atoms with Crippen LogP contribution in [0.5, 0.6) is 0 Å². The fourth-order valence-electron chi connectivity index (χ4n) is 3.75. The van der Waals surface area contributed by atoms with Crippen LogP contribution in [0.25, 0.3) is 11.1 Å². The Labute approximate surface area is 194 Å². The molecule has 0 amide bonds. The fraction of sp³-hybridized carbons (Fsp3) is 0.296. The molecular formula is C27H27ClN2O2. The van der Waals surface area contributed by atoms with Gasteiger partial charge in [-0.25, -0.2) is 4.98 Å². The molecule has 2 heterocycles. The third kappa shape index (κ3) is 5.76. The first-order valence-corrected chi connectivity index (χ1v) is 11.2. The molecule has 4 nitrogen and oxygen atoms in total. The van der Waals surface area contributed by atoms with Crippen molar-refractivity contribution in [2.45, 2.75) is 31.5 Å². The van der Waals surface area contributed by atoms with Crippen LogP contribution in [0.1, 0.15) is 30.2 Å². The number of piperidine rings is 1. The maximum Gasteiger partial charge on any atom is 0.113 e. The lowest BCUT2D eigenvalue weighted by atomic mass is 9.90. The minimum Gasteiger partial charge on any atom is -0.389 e. The topological polar surface area (TPSA) is 56.6 Å². The summed E-state index contributed by atoms with van der Waals surface area (Å²) in [6.45, 7) is 3.89. The van der Waals surface area contributed by atoms with Gasteiger partial charge in [0.25, 0.3) is 0 Å². The van der Waals surface area contributed by atoms with Gasteiger partial charge in [-0.15, -0.1) is 0 Å². The largest absolute Gasteiger partial charge is 0.389 e. The lowest BCUT2D eigenvalue weighted by molar-refractivity contribution is -0.106. The molecule has 5 heteroatoms. The lowest BCUT2D eigenvalue weighted by Crippen LogP contribution is -2.54. The Morgan fingerprint density at radius 2 is 1.75 bits per heavy atom. The minimum atomic E-state index is -0.970. The maximum atomic E-state index is 10.1. The molecule has 3 aromatic rings. The molecule has 2 aromatic carbocycles. The summed E-state index contributed by atoms with van der Waals surface area (Å²) in [5, 5.41) is 20.9. The highest BCUT2D eigenvalue weighted by atomic mass is 35.5. The van der Waals surface area contributed by atoms with E-state index in [9.17, 15) is 10.2 Å². The van der Waals surface area contributed by atoms with E-state index in [1.54, 1.807) is 6.92 Å². The summed E-state index contributed by atoms with van der Waals surface area (Å²) in [4.78, 5) is 6.66. The van der Waals surface area contributed by atoms with Gasteiger partial charge in [0.2, 0.25) is 0 Å². The van der Waals surface area contributed by atoms with Gasteiger partial charge >= 0.3 is 0 Å². The van der Waals surface area contributed by atoms with E-state index in [1.165, 1.54) is 5.56 Å². The highest BCUT2D eigenvalue weighted by Gasteiger charge is 2.35. The second kappa shape index (κ2) is 9.85. The first-order valence-electron chi connectivity index (χ1n) is 10.8. The minimum absolute atomic E-state index is 0.514. The van der Waals surface area contributed by atoms with Crippen LogP contribution in [0, 0.1) is 11.8 Å². The van der Waals surface area contributed by atoms with Crippen LogP contribution in [0.4, 0.5) is 0 Å². The highest BCUT2D eigenvalue weighted by Crippen LogP contribution is 2.22. The number of aliphatic hydroxyl groups excluding tert-OH is 1. The molecule has 32 heavy (non-hydrogen) atoms. The summed E-state index contributed by atoms with van der Waals surface area (Å²) in [6, 6.07) is 19.9. The average molecular weight is 447 g/mol. The third-order valence-corrected chi connectivity index (χ3v) is 6.28. The molecular weight excluding hydrogens is 420 g/mol. The van der Waals surface area contributed by atoms with Gasteiger partial charge in [0.15, 0.2) is 0 Å². The van der Waals surface area contributed by atoms with Crippen LogP contribution in [0.3, 0.4) is 0 Å². The number of benzene rings is 2. The molecule has 1 aliphatic heterocycles. The number of halogens is 1. The summed E-state index contributed by atoms with van der Waals surface area (Å²) in [7, 11) is 0. The Hall–Kier alpha value is -2.68. The molecule has 1 fully saturated rings. The van der Waals surface area contributed by atoms with Gasteiger partial charge < -0.3 is 15.1 Å². The van der Waals surface area contributed by atoms with Crippen molar-refractivity contribution in [3.63, 3.8) is 0 Å². The summed E-state index contributed by atoms with van der Waals surface area (Å²) < 4.78 is 0. The zero-order chi connectivity index (χ0) is 22.6. The number of hydrogen-bond acceptors (Lipinski definition) is 4. The predicted octanol–water partition coefficient (Wildman–Crippen LogP) is 4.16. The van der Waals surface area contributed by atoms with Gasteiger partial charge in [-0.05, 0) is 67.1 Å². The predicted molar refractivity (Wildman–Crippen MR) is 128 cm³/mol. The third-order valence-electron chi connectivity index (χ3n) is 6.03. The Kier molecular flexibility index (Phi) is 6.93. The van der Waals surface area contributed by atoms with Gasteiger partial charge in [-0.2, -0.15) is 0 Å². The fourth-order valence-corrected chi connectivity index (χ4v) is 3.87. The average Bonchev–Trinajstić information content (AvgIpc) is 2.80. The van der Waals surface area contributed by atoms with Gasteiger partial charge in [0.1, 0.15) is 5.69 Å². The molecule has 2 N–H and O–H groups in total. The van der Waals surface area contributed by atoms with E-state index in [-0.39, 0.29) is 0 Å². The Morgan fingerprint density at radius 1 is 1.03 bits per heavy atom. The molecule has 4 rings (SSSR count). The van der Waals surface area contributed by atoms with E-state index < -0.39 is 11.7 Å². The standard InChI is InChI=1S/C27H27ClN2O2/c1-27(32)15-17-30(19-26(27)31)16-14-21-4-2-20(3-5-21)6-12-25-13-9-23(18-29-25)22-7-10-24(28)11-8-22/h2-5,7-11,13,18,26,31-32H,14-17,19H2,1H3/t26-,27+/m0/s1. The SMILES string of the molecule is C[C@@]1(O)CCN(CCc2ccc(C#Cc3ccc(-c4ccc(Cl)cc4)cn3)cc2)C[C@@H]1O. The van der Waals surface area contributed by atoms with E-state index in [0.717, 1.165) is 46.9 Å². The first kappa shape index (κ1) is 22.5. The van der Waals surface area contributed by atoms with E-state index in [1.807, 2.05) is 54.7 Å². The van der Waals surface area contributed by atoms with Crippen molar-refractivity contribution in [1.29, 1.82) is 0 Å². The zero-order valence-corrected chi connectivity index (χ0v) is 18.9. The molecule has 0 saturated carbocycles. The molecule has 2 atom stereocenters. The van der Waals surface area contributed by atoms with Gasteiger partial charge in [-0.1, -0.05) is 47.9 Å².